The molecule has 0 atom stereocenters. The predicted octanol–water partition coefficient (Wildman–Crippen LogP) is 0.00690. The first kappa shape index (κ1) is 15.2. The van der Waals surface area contributed by atoms with Crippen LogP contribution in [0.4, 0.5) is 0 Å². The quantitative estimate of drug-likeness (QED) is 0.732. The van der Waals surface area contributed by atoms with Gasteiger partial charge in [0, 0.05) is 17.9 Å². The van der Waals surface area contributed by atoms with Crippen LogP contribution in [0, 0.1) is 0 Å². The van der Waals surface area contributed by atoms with Crippen LogP contribution in [0.25, 0.3) is 0 Å². The Balaban J connectivity index is 2.00. The highest BCUT2D eigenvalue weighted by Gasteiger charge is 2.53. The third-order valence-corrected chi connectivity index (χ3v) is 4.42. The maximum absolute atomic E-state index is 10.9. The molecule has 2 aliphatic rings. The zero-order valence-electron chi connectivity index (χ0n) is 13.1. The van der Waals surface area contributed by atoms with Crippen LogP contribution < -0.4 is 20.0 Å². The molecule has 22 heavy (non-hydrogen) atoms. The SMILES string of the molecule is CC1(C)OB(c2cc(CC(=O)[O-])cc3c2OCO3)OC1(C)C. The predicted molar refractivity (Wildman–Crippen MR) is 77.0 cm³/mol. The average molecular weight is 305 g/mol. The van der Waals surface area contributed by atoms with E-state index in [2.05, 4.69) is 0 Å². The van der Waals surface area contributed by atoms with Gasteiger partial charge in [-0.2, -0.15) is 0 Å². The fraction of sp³-hybridized carbons (Fsp3) is 0.533. The first-order valence-electron chi connectivity index (χ1n) is 7.17. The molecule has 0 unspecified atom stereocenters. The lowest BCUT2D eigenvalue weighted by molar-refractivity contribution is -0.304. The molecule has 1 fully saturated rings. The standard InChI is InChI=1S/C15H19BO6/c1-14(2)15(3,4)22-16(21-14)10-5-9(7-12(17)18)6-11-13(10)20-8-19-11/h5-6H,7-8H2,1-4H3,(H,17,18)/p-1. The lowest BCUT2D eigenvalue weighted by Gasteiger charge is -2.32. The molecule has 0 spiro atoms. The minimum absolute atomic E-state index is 0.0939. The molecule has 0 amide bonds. The first-order valence-corrected chi connectivity index (χ1v) is 7.17. The Kier molecular flexibility index (Phi) is 3.38. The van der Waals surface area contributed by atoms with Crippen molar-refractivity contribution >= 4 is 18.6 Å². The van der Waals surface area contributed by atoms with E-state index in [9.17, 15) is 9.90 Å². The molecule has 0 N–H and O–H groups in total. The Labute approximate surface area is 129 Å². The van der Waals surface area contributed by atoms with Gasteiger partial charge < -0.3 is 28.7 Å². The van der Waals surface area contributed by atoms with Gasteiger partial charge in [0.1, 0.15) is 0 Å². The van der Waals surface area contributed by atoms with E-state index in [0.29, 0.717) is 22.5 Å². The van der Waals surface area contributed by atoms with E-state index in [1.165, 1.54) is 0 Å². The molecular weight excluding hydrogens is 287 g/mol. The lowest BCUT2D eigenvalue weighted by Crippen LogP contribution is -2.41. The van der Waals surface area contributed by atoms with Gasteiger partial charge in [-0.05, 0) is 39.3 Å². The maximum atomic E-state index is 10.9. The van der Waals surface area contributed by atoms with Gasteiger partial charge in [-0.15, -0.1) is 0 Å². The lowest BCUT2D eigenvalue weighted by atomic mass is 9.77. The highest BCUT2D eigenvalue weighted by Crippen LogP contribution is 2.39. The summed E-state index contributed by atoms with van der Waals surface area (Å²) in [5.74, 6) is -0.109. The second kappa shape index (κ2) is 4.89. The monoisotopic (exact) mass is 305 g/mol. The number of carbonyl (C=O) groups is 1. The normalized spacial score (nSPS) is 21.2. The Bertz CT molecular complexity index is 609. The van der Waals surface area contributed by atoms with Gasteiger partial charge in [0.2, 0.25) is 6.79 Å². The smallest absolute Gasteiger partial charge is 0.498 e. The molecule has 2 aliphatic heterocycles. The molecule has 0 bridgehead atoms. The van der Waals surface area contributed by atoms with Gasteiger partial charge in [-0.25, -0.2) is 0 Å². The number of carboxylic acid groups (broad SMARTS) is 1. The van der Waals surface area contributed by atoms with Crippen LogP contribution >= 0.6 is 0 Å². The van der Waals surface area contributed by atoms with Crippen molar-refractivity contribution in [2.45, 2.75) is 45.3 Å². The average Bonchev–Trinajstić information content (AvgIpc) is 2.90. The topological polar surface area (TPSA) is 77.1 Å². The Morgan fingerprint density at radius 3 is 2.41 bits per heavy atom. The van der Waals surface area contributed by atoms with E-state index in [1.54, 1.807) is 12.1 Å². The van der Waals surface area contributed by atoms with E-state index < -0.39 is 24.3 Å². The summed E-state index contributed by atoms with van der Waals surface area (Å²) in [6.07, 6.45) is -0.205. The molecule has 2 heterocycles. The first-order chi connectivity index (χ1) is 10.2. The second-order valence-electron chi connectivity index (χ2n) is 6.56. The molecule has 118 valence electrons. The third kappa shape index (κ3) is 2.44. The summed E-state index contributed by atoms with van der Waals surface area (Å²) in [7, 11) is -0.637. The van der Waals surface area contributed by atoms with Crippen molar-refractivity contribution in [1.29, 1.82) is 0 Å². The minimum atomic E-state index is -1.15. The largest absolute Gasteiger partial charge is 0.550 e. The molecule has 1 saturated heterocycles. The summed E-state index contributed by atoms with van der Waals surface area (Å²) in [6, 6.07) is 3.36. The summed E-state index contributed by atoms with van der Waals surface area (Å²) in [5.41, 5.74) is 0.224. The highest BCUT2D eigenvalue weighted by atomic mass is 16.7. The molecule has 0 aliphatic carbocycles. The summed E-state index contributed by atoms with van der Waals surface area (Å²) in [6.45, 7) is 7.91. The number of ether oxygens (including phenoxy) is 2. The van der Waals surface area contributed by atoms with Crippen molar-refractivity contribution in [3.05, 3.63) is 17.7 Å². The second-order valence-corrected chi connectivity index (χ2v) is 6.56. The van der Waals surface area contributed by atoms with Crippen LogP contribution in [0.3, 0.4) is 0 Å². The van der Waals surface area contributed by atoms with Gasteiger partial charge >= 0.3 is 7.12 Å². The van der Waals surface area contributed by atoms with Crippen molar-refractivity contribution in [1.82, 2.24) is 0 Å². The fourth-order valence-electron chi connectivity index (χ4n) is 2.51. The van der Waals surface area contributed by atoms with E-state index in [4.69, 9.17) is 18.8 Å². The number of hydrogen-bond donors (Lipinski definition) is 0. The van der Waals surface area contributed by atoms with Crippen molar-refractivity contribution in [2.75, 3.05) is 6.79 Å². The zero-order chi connectivity index (χ0) is 16.1. The number of fused-ring (bicyclic) bond motifs is 1. The number of hydrogen-bond acceptors (Lipinski definition) is 6. The van der Waals surface area contributed by atoms with Crippen molar-refractivity contribution in [2.24, 2.45) is 0 Å². The van der Waals surface area contributed by atoms with Gasteiger partial charge in [-0.1, -0.05) is 6.07 Å². The highest BCUT2D eigenvalue weighted by molar-refractivity contribution is 6.63. The molecule has 0 radical (unpaired) electrons. The summed E-state index contributed by atoms with van der Waals surface area (Å²) >= 11 is 0. The number of aliphatic carboxylic acids is 1. The van der Waals surface area contributed by atoms with Crippen LogP contribution in [-0.4, -0.2) is 31.1 Å². The van der Waals surface area contributed by atoms with Crippen LogP contribution in [0.5, 0.6) is 11.5 Å². The molecule has 7 heteroatoms. The fourth-order valence-corrected chi connectivity index (χ4v) is 2.51. The summed E-state index contributed by atoms with van der Waals surface area (Å²) in [5, 5.41) is 10.9. The van der Waals surface area contributed by atoms with E-state index in [1.807, 2.05) is 27.7 Å². The Hall–Kier alpha value is -1.73. The van der Waals surface area contributed by atoms with E-state index in [-0.39, 0.29) is 13.2 Å². The molecule has 0 saturated carbocycles. The zero-order valence-corrected chi connectivity index (χ0v) is 13.1. The molecular formula is C15H18BO6-. The van der Waals surface area contributed by atoms with Crippen molar-refractivity contribution < 1.29 is 28.7 Å². The molecule has 6 nitrogen and oxygen atoms in total. The van der Waals surface area contributed by atoms with Gasteiger partial charge in [0.05, 0.1) is 11.2 Å². The molecule has 1 aromatic rings. The third-order valence-electron chi connectivity index (χ3n) is 4.42. The van der Waals surface area contributed by atoms with Crippen molar-refractivity contribution in [3.8, 4) is 11.5 Å². The van der Waals surface area contributed by atoms with E-state index in [0.717, 1.165) is 0 Å². The number of benzene rings is 1. The summed E-state index contributed by atoms with van der Waals surface area (Å²) < 4.78 is 22.9. The van der Waals surface area contributed by atoms with Crippen LogP contribution in [-0.2, 0) is 20.5 Å². The van der Waals surface area contributed by atoms with Crippen LogP contribution in [0.2, 0.25) is 0 Å². The number of rotatable bonds is 3. The van der Waals surface area contributed by atoms with Gasteiger partial charge in [0.25, 0.3) is 0 Å². The van der Waals surface area contributed by atoms with Gasteiger partial charge in [0.15, 0.2) is 11.5 Å². The van der Waals surface area contributed by atoms with Crippen molar-refractivity contribution in [3.63, 3.8) is 0 Å². The van der Waals surface area contributed by atoms with Crippen LogP contribution in [0.1, 0.15) is 33.3 Å². The number of carbonyl (C=O) groups excluding carboxylic acids is 1. The van der Waals surface area contributed by atoms with Gasteiger partial charge in [-0.3, -0.25) is 0 Å². The summed E-state index contributed by atoms with van der Waals surface area (Å²) in [4.78, 5) is 10.9. The maximum Gasteiger partial charge on any atom is 0.498 e. The van der Waals surface area contributed by atoms with Crippen LogP contribution in [0.15, 0.2) is 12.1 Å². The molecule has 1 aromatic carbocycles. The molecule has 0 aromatic heterocycles. The van der Waals surface area contributed by atoms with E-state index >= 15 is 0 Å². The Morgan fingerprint density at radius 2 is 1.82 bits per heavy atom. The number of carboxylic acids is 1. The minimum Gasteiger partial charge on any atom is -0.550 e. The Morgan fingerprint density at radius 1 is 1.18 bits per heavy atom. The molecule has 3 rings (SSSR count).